The summed E-state index contributed by atoms with van der Waals surface area (Å²) in [5, 5.41) is 0. The van der Waals surface area contributed by atoms with Gasteiger partial charge >= 0.3 is 0 Å². The number of aldehydes is 1. The van der Waals surface area contributed by atoms with Crippen LogP contribution in [0.3, 0.4) is 0 Å². The van der Waals surface area contributed by atoms with Crippen molar-refractivity contribution in [2.45, 2.75) is 26.7 Å². The number of carbonyl (C=O) groups is 2. The number of rotatable bonds is 4. The molecule has 0 saturated carbocycles. The van der Waals surface area contributed by atoms with E-state index in [2.05, 4.69) is 0 Å². The molecule has 0 N–H and O–H groups in total. The number of ketones is 1. The summed E-state index contributed by atoms with van der Waals surface area (Å²) in [6.45, 7) is 3.45. The summed E-state index contributed by atoms with van der Waals surface area (Å²) in [5.41, 5.74) is 0.623. The maximum absolute atomic E-state index is 10.7. The quantitative estimate of drug-likeness (QED) is 0.438. The highest BCUT2D eigenvalue weighted by Gasteiger charge is 1.99. The van der Waals surface area contributed by atoms with Crippen molar-refractivity contribution in [1.82, 2.24) is 0 Å². The van der Waals surface area contributed by atoms with Crippen LogP contribution in [0.15, 0.2) is 11.6 Å². The summed E-state index contributed by atoms with van der Waals surface area (Å²) in [4.78, 5) is 20.7. The highest BCUT2D eigenvalue weighted by molar-refractivity contribution is 5.96. The third kappa shape index (κ3) is 3.17. The van der Waals surface area contributed by atoms with Crippen molar-refractivity contribution in [3.63, 3.8) is 0 Å². The lowest BCUT2D eigenvalue weighted by Gasteiger charge is -1.96. The Morgan fingerprint density at radius 2 is 2.10 bits per heavy atom. The molecule has 56 valence electrons. The summed E-state index contributed by atoms with van der Waals surface area (Å²) in [6, 6.07) is 0. The van der Waals surface area contributed by atoms with Crippen LogP contribution in [0, 0.1) is 0 Å². The van der Waals surface area contributed by atoms with Crippen LogP contribution < -0.4 is 0 Å². The zero-order valence-electron chi connectivity index (χ0n) is 6.39. The Labute approximate surface area is 60.9 Å². The van der Waals surface area contributed by atoms with E-state index in [0.717, 1.165) is 6.42 Å². The second-order valence-corrected chi connectivity index (χ2v) is 2.13. The molecule has 0 heterocycles. The fraction of sp³-hybridized carbons (Fsp3) is 0.500. The standard InChI is InChI=1S/C8H12O2/c1-3-4-8(5-6-9)7(2)10/h5-6H,3-4H2,1-2H3. The van der Waals surface area contributed by atoms with Crippen LogP contribution in [0.1, 0.15) is 26.7 Å². The summed E-state index contributed by atoms with van der Waals surface area (Å²) < 4.78 is 0. The molecule has 0 amide bonds. The van der Waals surface area contributed by atoms with Crippen LogP contribution in [-0.4, -0.2) is 12.1 Å². The van der Waals surface area contributed by atoms with Gasteiger partial charge in [0.2, 0.25) is 0 Å². The number of allylic oxidation sites excluding steroid dienone is 2. The van der Waals surface area contributed by atoms with E-state index < -0.39 is 0 Å². The molecule has 0 aromatic carbocycles. The van der Waals surface area contributed by atoms with E-state index in [9.17, 15) is 9.59 Å². The zero-order valence-corrected chi connectivity index (χ0v) is 6.39. The molecule has 0 atom stereocenters. The Morgan fingerprint density at radius 3 is 2.40 bits per heavy atom. The van der Waals surface area contributed by atoms with Crippen LogP contribution in [0.5, 0.6) is 0 Å². The Balaban J connectivity index is 4.11. The average Bonchev–Trinajstić information content (AvgIpc) is 1.87. The topological polar surface area (TPSA) is 34.1 Å². The monoisotopic (exact) mass is 140 g/mol. The minimum Gasteiger partial charge on any atom is -0.299 e. The van der Waals surface area contributed by atoms with Gasteiger partial charge in [0.15, 0.2) is 5.78 Å². The summed E-state index contributed by atoms with van der Waals surface area (Å²) in [7, 11) is 0. The van der Waals surface area contributed by atoms with E-state index >= 15 is 0 Å². The molecule has 0 aliphatic heterocycles. The molecular formula is C8H12O2. The predicted octanol–water partition coefficient (Wildman–Crippen LogP) is 1.50. The maximum atomic E-state index is 10.7. The van der Waals surface area contributed by atoms with Crippen molar-refractivity contribution in [2.75, 3.05) is 0 Å². The second kappa shape index (κ2) is 4.91. The van der Waals surface area contributed by atoms with E-state index in [1.807, 2.05) is 6.92 Å². The van der Waals surface area contributed by atoms with E-state index in [1.165, 1.54) is 13.0 Å². The van der Waals surface area contributed by atoms with E-state index in [4.69, 9.17) is 0 Å². The summed E-state index contributed by atoms with van der Waals surface area (Å²) >= 11 is 0. The van der Waals surface area contributed by atoms with Crippen molar-refractivity contribution in [2.24, 2.45) is 0 Å². The molecular weight excluding hydrogens is 128 g/mol. The van der Waals surface area contributed by atoms with Gasteiger partial charge in [-0.25, -0.2) is 0 Å². The summed E-state index contributed by atoms with van der Waals surface area (Å²) in [5.74, 6) is -0.00560. The average molecular weight is 140 g/mol. The molecule has 0 spiro atoms. The highest BCUT2D eigenvalue weighted by atomic mass is 16.1. The minimum atomic E-state index is -0.00560. The molecule has 0 bridgehead atoms. The zero-order chi connectivity index (χ0) is 7.98. The van der Waals surface area contributed by atoms with Crippen LogP contribution in [-0.2, 0) is 9.59 Å². The molecule has 0 rings (SSSR count). The van der Waals surface area contributed by atoms with Gasteiger partial charge < -0.3 is 0 Å². The highest BCUT2D eigenvalue weighted by Crippen LogP contribution is 2.03. The van der Waals surface area contributed by atoms with Crippen molar-refractivity contribution in [1.29, 1.82) is 0 Å². The smallest absolute Gasteiger partial charge is 0.155 e. The Morgan fingerprint density at radius 1 is 1.50 bits per heavy atom. The van der Waals surface area contributed by atoms with Gasteiger partial charge in [-0.05, 0) is 25.0 Å². The summed E-state index contributed by atoms with van der Waals surface area (Å²) in [6.07, 6.45) is 3.60. The molecule has 0 unspecified atom stereocenters. The molecule has 0 aliphatic rings. The number of Topliss-reactive ketones (excluding diaryl/α,β-unsaturated/α-hetero) is 1. The molecule has 0 aromatic rings. The molecule has 10 heavy (non-hydrogen) atoms. The van der Waals surface area contributed by atoms with Gasteiger partial charge in [0.1, 0.15) is 6.29 Å². The first-order valence-corrected chi connectivity index (χ1v) is 3.37. The second-order valence-electron chi connectivity index (χ2n) is 2.13. The minimum absolute atomic E-state index is 0.00560. The first-order chi connectivity index (χ1) is 4.72. The number of hydrogen-bond donors (Lipinski definition) is 0. The molecule has 0 fully saturated rings. The van der Waals surface area contributed by atoms with E-state index in [1.54, 1.807) is 0 Å². The number of hydrogen-bond acceptors (Lipinski definition) is 2. The SMILES string of the molecule is CCCC(=CC=O)C(C)=O. The normalized spacial score (nSPS) is 11.2. The van der Waals surface area contributed by atoms with Crippen LogP contribution in [0.2, 0.25) is 0 Å². The fourth-order valence-electron chi connectivity index (χ4n) is 0.728. The van der Waals surface area contributed by atoms with Crippen LogP contribution in [0.4, 0.5) is 0 Å². The number of carbonyl (C=O) groups excluding carboxylic acids is 2. The van der Waals surface area contributed by atoms with Crippen LogP contribution in [0.25, 0.3) is 0 Å². The fourth-order valence-corrected chi connectivity index (χ4v) is 0.728. The molecule has 2 nitrogen and oxygen atoms in total. The third-order valence-corrected chi connectivity index (χ3v) is 1.24. The Hall–Kier alpha value is -0.920. The molecule has 0 radical (unpaired) electrons. The van der Waals surface area contributed by atoms with Gasteiger partial charge in [-0.2, -0.15) is 0 Å². The van der Waals surface area contributed by atoms with Gasteiger partial charge in [0.25, 0.3) is 0 Å². The van der Waals surface area contributed by atoms with Gasteiger partial charge in [-0.1, -0.05) is 13.3 Å². The third-order valence-electron chi connectivity index (χ3n) is 1.24. The first-order valence-electron chi connectivity index (χ1n) is 3.37. The predicted molar refractivity (Wildman–Crippen MR) is 39.7 cm³/mol. The van der Waals surface area contributed by atoms with Crippen LogP contribution >= 0.6 is 0 Å². The lowest BCUT2D eigenvalue weighted by atomic mass is 10.1. The van der Waals surface area contributed by atoms with Gasteiger partial charge in [-0.3, -0.25) is 9.59 Å². The largest absolute Gasteiger partial charge is 0.299 e. The van der Waals surface area contributed by atoms with Gasteiger partial charge in [0.05, 0.1) is 0 Å². The van der Waals surface area contributed by atoms with Crippen molar-refractivity contribution in [3.05, 3.63) is 11.6 Å². The van der Waals surface area contributed by atoms with Crippen molar-refractivity contribution in [3.8, 4) is 0 Å². The Kier molecular flexibility index (Phi) is 4.46. The molecule has 2 heteroatoms. The molecule has 0 aliphatic carbocycles. The van der Waals surface area contributed by atoms with Crippen molar-refractivity contribution >= 4 is 12.1 Å². The van der Waals surface area contributed by atoms with E-state index in [0.29, 0.717) is 18.3 Å². The lowest BCUT2D eigenvalue weighted by molar-refractivity contribution is -0.114. The Bertz CT molecular complexity index is 157. The molecule has 0 saturated heterocycles. The van der Waals surface area contributed by atoms with Gasteiger partial charge in [0, 0.05) is 0 Å². The molecule has 0 aromatic heterocycles. The first kappa shape index (κ1) is 9.08. The van der Waals surface area contributed by atoms with Gasteiger partial charge in [-0.15, -0.1) is 0 Å². The lowest BCUT2D eigenvalue weighted by Crippen LogP contribution is -1.96. The maximum Gasteiger partial charge on any atom is 0.155 e. The van der Waals surface area contributed by atoms with Crippen molar-refractivity contribution < 1.29 is 9.59 Å². The van der Waals surface area contributed by atoms with E-state index in [-0.39, 0.29) is 5.78 Å².